The predicted molar refractivity (Wildman–Crippen MR) is 91.3 cm³/mol. The highest BCUT2D eigenvalue weighted by Crippen LogP contribution is 2.26. The summed E-state index contributed by atoms with van der Waals surface area (Å²) in [4.78, 5) is 0. The van der Waals surface area contributed by atoms with Gasteiger partial charge in [-0.15, -0.1) is 10.2 Å². The summed E-state index contributed by atoms with van der Waals surface area (Å²) in [5.41, 5.74) is 2.35. The second kappa shape index (κ2) is 6.99. The lowest BCUT2D eigenvalue weighted by Crippen LogP contribution is -2.03. The van der Waals surface area contributed by atoms with Gasteiger partial charge in [-0.3, -0.25) is 0 Å². The molecule has 0 amide bonds. The summed E-state index contributed by atoms with van der Waals surface area (Å²) in [7, 11) is 0. The number of rotatable bonds is 5. The van der Waals surface area contributed by atoms with Gasteiger partial charge in [0.1, 0.15) is 5.82 Å². The molecule has 0 aliphatic carbocycles. The molecule has 0 fully saturated rings. The fourth-order valence-electron chi connectivity index (χ4n) is 2.17. The lowest BCUT2D eigenvalue weighted by molar-refractivity contribution is 0.688. The molecule has 0 N–H and O–H groups in total. The minimum atomic E-state index is 0.782. The molecule has 5 heteroatoms. The van der Waals surface area contributed by atoms with Crippen LogP contribution in [0.15, 0.2) is 59.8 Å². The maximum Gasteiger partial charge on any atom is 0.191 e. The van der Waals surface area contributed by atoms with Crippen LogP contribution in [-0.2, 0) is 12.3 Å². The number of aromatic nitrogens is 3. The summed E-state index contributed by atoms with van der Waals surface area (Å²) in [6.07, 6.45) is 0. The molecule has 0 saturated heterocycles. The Bertz CT molecular complexity index is 756. The first-order chi connectivity index (χ1) is 10.7. The van der Waals surface area contributed by atoms with Gasteiger partial charge in [0.15, 0.2) is 5.16 Å². The Hall–Kier alpha value is -1.78. The molecular weight excluding hydrogens is 314 g/mol. The van der Waals surface area contributed by atoms with E-state index >= 15 is 0 Å². The number of thioether (sulfide) groups is 1. The molecule has 0 saturated carbocycles. The quantitative estimate of drug-likeness (QED) is 0.642. The van der Waals surface area contributed by atoms with Gasteiger partial charge in [0, 0.05) is 10.8 Å². The van der Waals surface area contributed by atoms with Crippen molar-refractivity contribution in [1.29, 1.82) is 0 Å². The Labute approximate surface area is 139 Å². The van der Waals surface area contributed by atoms with Gasteiger partial charge in [-0.1, -0.05) is 71.9 Å². The smallest absolute Gasteiger partial charge is 0.191 e. The van der Waals surface area contributed by atoms with Crippen molar-refractivity contribution in [1.82, 2.24) is 14.8 Å². The van der Waals surface area contributed by atoms with E-state index in [4.69, 9.17) is 11.6 Å². The van der Waals surface area contributed by atoms with Crippen LogP contribution in [0.25, 0.3) is 0 Å². The summed E-state index contributed by atoms with van der Waals surface area (Å²) in [5.74, 6) is 1.71. The number of halogens is 1. The Morgan fingerprint density at radius 1 is 1.00 bits per heavy atom. The van der Waals surface area contributed by atoms with Gasteiger partial charge >= 0.3 is 0 Å². The van der Waals surface area contributed by atoms with E-state index in [9.17, 15) is 0 Å². The van der Waals surface area contributed by atoms with Gasteiger partial charge in [0.2, 0.25) is 0 Å². The van der Waals surface area contributed by atoms with Crippen molar-refractivity contribution in [2.45, 2.75) is 24.4 Å². The highest BCUT2D eigenvalue weighted by molar-refractivity contribution is 7.98. The van der Waals surface area contributed by atoms with Gasteiger partial charge in [0.25, 0.3) is 0 Å². The van der Waals surface area contributed by atoms with E-state index in [1.807, 2.05) is 49.4 Å². The minimum Gasteiger partial charge on any atom is -0.302 e. The maximum absolute atomic E-state index is 6.21. The SMILES string of the molecule is Cc1nnc(SCc2ccccc2Cl)n1Cc1ccccc1. The van der Waals surface area contributed by atoms with Crippen LogP contribution in [0.3, 0.4) is 0 Å². The van der Waals surface area contributed by atoms with Gasteiger partial charge in [0.05, 0.1) is 6.54 Å². The summed E-state index contributed by atoms with van der Waals surface area (Å²) >= 11 is 7.87. The van der Waals surface area contributed by atoms with Crippen LogP contribution in [0.2, 0.25) is 5.02 Å². The zero-order chi connectivity index (χ0) is 15.4. The van der Waals surface area contributed by atoms with E-state index in [1.54, 1.807) is 11.8 Å². The monoisotopic (exact) mass is 329 g/mol. The molecule has 0 aliphatic rings. The van der Waals surface area contributed by atoms with E-state index < -0.39 is 0 Å². The fraction of sp³-hybridized carbons (Fsp3) is 0.176. The number of hydrogen-bond donors (Lipinski definition) is 0. The van der Waals surface area contributed by atoms with Crippen LogP contribution < -0.4 is 0 Å². The first-order valence-electron chi connectivity index (χ1n) is 7.04. The third-order valence-corrected chi connectivity index (χ3v) is 4.78. The molecule has 3 nitrogen and oxygen atoms in total. The molecule has 0 atom stereocenters. The molecule has 3 rings (SSSR count). The second-order valence-electron chi connectivity index (χ2n) is 4.98. The largest absolute Gasteiger partial charge is 0.302 e. The van der Waals surface area contributed by atoms with Crippen LogP contribution in [0.4, 0.5) is 0 Å². The molecule has 0 spiro atoms. The molecule has 3 aromatic rings. The van der Waals surface area contributed by atoms with Crippen molar-refractivity contribution in [3.05, 3.63) is 76.6 Å². The Morgan fingerprint density at radius 2 is 1.73 bits per heavy atom. The highest BCUT2D eigenvalue weighted by Gasteiger charge is 2.11. The van der Waals surface area contributed by atoms with Crippen LogP contribution in [0.5, 0.6) is 0 Å². The summed E-state index contributed by atoms with van der Waals surface area (Å²) in [6.45, 7) is 2.76. The number of aryl methyl sites for hydroxylation is 1. The second-order valence-corrected chi connectivity index (χ2v) is 6.33. The lowest BCUT2D eigenvalue weighted by Gasteiger charge is -2.09. The van der Waals surface area contributed by atoms with E-state index in [0.29, 0.717) is 0 Å². The summed E-state index contributed by atoms with van der Waals surface area (Å²) in [5, 5.41) is 10.2. The molecular formula is C17H16ClN3S. The van der Waals surface area contributed by atoms with E-state index in [1.165, 1.54) is 5.56 Å². The molecule has 0 bridgehead atoms. The van der Waals surface area contributed by atoms with E-state index in [-0.39, 0.29) is 0 Å². The molecule has 0 radical (unpaired) electrons. The average molecular weight is 330 g/mol. The fourth-order valence-corrected chi connectivity index (χ4v) is 3.44. The number of hydrogen-bond acceptors (Lipinski definition) is 3. The molecule has 2 aromatic carbocycles. The first kappa shape index (κ1) is 15.1. The zero-order valence-corrected chi connectivity index (χ0v) is 13.8. The lowest BCUT2D eigenvalue weighted by atomic mass is 10.2. The third kappa shape index (κ3) is 3.51. The Morgan fingerprint density at radius 3 is 2.50 bits per heavy atom. The minimum absolute atomic E-state index is 0.782. The topological polar surface area (TPSA) is 30.7 Å². The maximum atomic E-state index is 6.21. The summed E-state index contributed by atoms with van der Waals surface area (Å²) in [6, 6.07) is 18.2. The van der Waals surface area contributed by atoms with Crippen LogP contribution in [0.1, 0.15) is 17.0 Å². The van der Waals surface area contributed by atoms with Crippen molar-refractivity contribution in [2.75, 3.05) is 0 Å². The summed E-state index contributed by atoms with van der Waals surface area (Å²) < 4.78 is 2.14. The van der Waals surface area contributed by atoms with Gasteiger partial charge in [-0.25, -0.2) is 0 Å². The molecule has 0 aliphatic heterocycles. The third-order valence-electron chi connectivity index (χ3n) is 3.40. The van der Waals surface area contributed by atoms with Crippen molar-refractivity contribution < 1.29 is 0 Å². The van der Waals surface area contributed by atoms with Gasteiger partial charge in [-0.2, -0.15) is 0 Å². The van der Waals surface area contributed by atoms with E-state index in [2.05, 4.69) is 26.9 Å². The first-order valence-corrected chi connectivity index (χ1v) is 8.40. The van der Waals surface area contributed by atoms with Crippen molar-refractivity contribution >= 4 is 23.4 Å². The van der Waals surface area contributed by atoms with Crippen LogP contribution in [-0.4, -0.2) is 14.8 Å². The van der Waals surface area contributed by atoms with Gasteiger partial charge < -0.3 is 4.57 Å². The molecule has 1 aromatic heterocycles. The highest BCUT2D eigenvalue weighted by atomic mass is 35.5. The normalized spacial score (nSPS) is 10.8. The molecule has 0 unspecified atom stereocenters. The molecule has 112 valence electrons. The number of nitrogens with zero attached hydrogens (tertiary/aromatic N) is 3. The number of benzene rings is 2. The average Bonchev–Trinajstić information content (AvgIpc) is 2.88. The van der Waals surface area contributed by atoms with E-state index in [0.717, 1.165) is 33.9 Å². The van der Waals surface area contributed by atoms with Crippen molar-refractivity contribution in [2.24, 2.45) is 0 Å². The van der Waals surface area contributed by atoms with Crippen molar-refractivity contribution in [3.63, 3.8) is 0 Å². The Balaban J connectivity index is 1.76. The van der Waals surface area contributed by atoms with Gasteiger partial charge in [-0.05, 0) is 24.1 Å². The predicted octanol–water partition coefficient (Wildman–Crippen LogP) is 4.58. The molecule has 1 heterocycles. The zero-order valence-electron chi connectivity index (χ0n) is 12.2. The Kier molecular flexibility index (Phi) is 4.80. The van der Waals surface area contributed by atoms with Crippen LogP contribution in [0, 0.1) is 6.92 Å². The standard InChI is InChI=1S/C17H16ClN3S/c1-13-19-20-17(21(13)11-14-7-3-2-4-8-14)22-12-15-9-5-6-10-16(15)18/h2-10H,11-12H2,1H3. The van der Waals surface area contributed by atoms with Crippen LogP contribution >= 0.6 is 23.4 Å². The molecule has 22 heavy (non-hydrogen) atoms. The van der Waals surface area contributed by atoms with Crippen molar-refractivity contribution in [3.8, 4) is 0 Å².